The molecule has 5 heteroatoms. The minimum atomic E-state index is -0.221. The van der Waals surface area contributed by atoms with Crippen LogP contribution in [0.15, 0.2) is 36.5 Å². The maximum atomic E-state index is 12.9. The first-order valence-corrected chi connectivity index (χ1v) is 7.03. The molecule has 0 saturated heterocycles. The highest BCUT2D eigenvalue weighted by molar-refractivity contribution is 5.30. The van der Waals surface area contributed by atoms with Crippen LogP contribution in [0.4, 0.5) is 10.3 Å². The van der Waals surface area contributed by atoms with Crippen LogP contribution in [0.1, 0.15) is 26.3 Å². The van der Waals surface area contributed by atoms with Crippen LogP contribution in [0.3, 0.4) is 0 Å². The van der Waals surface area contributed by atoms with Crippen molar-refractivity contribution >= 4 is 5.95 Å². The number of nitrogens with one attached hydrogen (secondary N) is 1. The zero-order chi connectivity index (χ0) is 15.2. The summed E-state index contributed by atoms with van der Waals surface area (Å²) in [6, 6.07) is 8.37. The molecule has 0 saturated carbocycles. The maximum Gasteiger partial charge on any atom is 0.226 e. The second-order valence-corrected chi connectivity index (χ2v) is 5.26. The third kappa shape index (κ3) is 5.02. The number of rotatable bonds is 6. The molecule has 0 fully saturated rings. The molecule has 0 bridgehead atoms. The van der Waals surface area contributed by atoms with Gasteiger partial charge >= 0.3 is 0 Å². The number of anilines is 1. The number of hydrogen-bond acceptors (Lipinski definition) is 4. The molecule has 0 spiro atoms. The summed E-state index contributed by atoms with van der Waals surface area (Å²) in [4.78, 5) is 8.48. The average Bonchev–Trinajstić information content (AvgIpc) is 2.41. The fourth-order valence-corrected chi connectivity index (χ4v) is 1.96. The molecule has 21 heavy (non-hydrogen) atoms. The molecule has 0 aliphatic carbocycles. The Hall–Kier alpha value is -2.17. The molecule has 0 aliphatic rings. The smallest absolute Gasteiger partial charge is 0.226 e. The minimum Gasteiger partial charge on any atom is -0.475 e. The van der Waals surface area contributed by atoms with Crippen molar-refractivity contribution in [3.63, 3.8) is 0 Å². The molecular weight excluding hydrogens is 269 g/mol. The largest absolute Gasteiger partial charge is 0.475 e. The normalized spacial score (nSPS) is 12.2. The van der Waals surface area contributed by atoms with Crippen LogP contribution in [-0.2, 0) is 6.42 Å². The Morgan fingerprint density at radius 3 is 2.52 bits per heavy atom. The zero-order valence-corrected chi connectivity index (χ0v) is 12.5. The van der Waals surface area contributed by atoms with E-state index in [4.69, 9.17) is 4.74 Å². The van der Waals surface area contributed by atoms with Crippen molar-refractivity contribution in [2.45, 2.75) is 39.3 Å². The highest BCUT2D eigenvalue weighted by atomic mass is 19.1. The van der Waals surface area contributed by atoms with E-state index < -0.39 is 0 Å². The van der Waals surface area contributed by atoms with Crippen LogP contribution < -0.4 is 10.1 Å². The van der Waals surface area contributed by atoms with Gasteiger partial charge in [0.05, 0.1) is 6.10 Å². The molecule has 0 aliphatic heterocycles. The van der Waals surface area contributed by atoms with Gasteiger partial charge in [0.1, 0.15) is 5.82 Å². The van der Waals surface area contributed by atoms with Crippen molar-refractivity contribution in [2.75, 3.05) is 5.32 Å². The first kappa shape index (κ1) is 15.2. The Balaban J connectivity index is 1.95. The lowest BCUT2D eigenvalue weighted by atomic mass is 10.1. The summed E-state index contributed by atoms with van der Waals surface area (Å²) in [6.07, 6.45) is 2.50. The van der Waals surface area contributed by atoms with Gasteiger partial charge in [-0.05, 0) is 44.9 Å². The van der Waals surface area contributed by atoms with Gasteiger partial charge in [-0.15, -0.1) is 0 Å². The highest BCUT2D eigenvalue weighted by Crippen LogP contribution is 2.12. The SMILES string of the molecule is CC(Cc1ccc(F)cc1)Nc1nccc(OC(C)C)n1. The van der Waals surface area contributed by atoms with E-state index in [0.717, 1.165) is 12.0 Å². The fourth-order valence-electron chi connectivity index (χ4n) is 1.96. The summed E-state index contributed by atoms with van der Waals surface area (Å²) in [5.74, 6) is 0.862. The summed E-state index contributed by atoms with van der Waals surface area (Å²) < 4.78 is 18.4. The molecule has 1 unspecified atom stereocenters. The molecule has 0 radical (unpaired) electrons. The summed E-state index contributed by atoms with van der Waals surface area (Å²) >= 11 is 0. The number of ether oxygens (including phenoxy) is 1. The van der Waals surface area contributed by atoms with Crippen LogP contribution in [-0.4, -0.2) is 22.1 Å². The average molecular weight is 289 g/mol. The van der Waals surface area contributed by atoms with Crippen LogP contribution in [0.5, 0.6) is 5.88 Å². The molecule has 1 N–H and O–H groups in total. The molecule has 2 rings (SSSR count). The fraction of sp³-hybridized carbons (Fsp3) is 0.375. The van der Waals surface area contributed by atoms with E-state index in [2.05, 4.69) is 15.3 Å². The number of aromatic nitrogens is 2. The topological polar surface area (TPSA) is 47.0 Å². The minimum absolute atomic E-state index is 0.0735. The molecule has 2 aromatic rings. The first-order chi connectivity index (χ1) is 10.0. The quantitative estimate of drug-likeness (QED) is 0.885. The van der Waals surface area contributed by atoms with Crippen molar-refractivity contribution in [1.82, 2.24) is 9.97 Å². The molecule has 1 heterocycles. The number of nitrogens with zero attached hydrogens (tertiary/aromatic N) is 2. The number of benzene rings is 1. The van der Waals surface area contributed by atoms with Gasteiger partial charge in [0.25, 0.3) is 0 Å². The standard InChI is InChI=1S/C16H20FN3O/c1-11(2)21-15-8-9-18-16(20-15)19-12(3)10-13-4-6-14(17)7-5-13/h4-9,11-12H,10H2,1-3H3,(H,18,19,20). The van der Waals surface area contributed by atoms with E-state index in [0.29, 0.717) is 11.8 Å². The van der Waals surface area contributed by atoms with Gasteiger partial charge in [0.15, 0.2) is 0 Å². The Morgan fingerprint density at radius 2 is 1.86 bits per heavy atom. The molecule has 1 aromatic heterocycles. The van der Waals surface area contributed by atoms with Gasteiger partial charge in [-0.2, -0.15) is 4.98 Å². The summed E-state index contributed by atoms with van der Waals surface area (Å²) in [6.45, 7) is 5.93. The zero-order valence-electron chi connectivity index (χ0n) is 12.5. The van der Waals surface area contributed by atoms with E-state index in [1.54, 1.807) is 24.4 Å². The molecular formula is C16H20FN3O. The van der Waals surface area contributed by atoms with Gasteiger partial charge < -0.3 is 10.1 Å². The Morgan fingerprint density at radius 1 is 1.14 bits per heavy atom. The van der Waals surface area contributed by atoms with Crippen LogP contribution in [0.25, 0.3) is 0 Å². The summed E-state index contributed by atoms with van der Waals surface area (Å²) in [5.41, 5.74) is 1.06. The molecule has 0 amide bonds. The maximum absolute atomic E-state index is 12.9. The van der Waals surface area contributed by atoms with E-state index in [1.165, 1.54) is 12.1 Å². The van der Waals surface area contributed by atoms with Gasteiger partial charge in [-0.25, -0.2) is 9.37 Å². The Kier molecular flexibility index (Phi) is 5.09. The lowest BCUT2D eigenvalue weighted by Gasteiger charge is -2.15. The van der Waals surface area contributed by atoms with E-state index in [-0.39, 0.29) is 18.0 Å². The predicted molar refractivity (Wildman–Crippen MR) is 81.0 cm³/mol. The lowest BCUT2D eigenvalue weighted by molar-refractivity contribution is 0.232. The van der Waals surface area contributed by atoms with Crippen LogP contribution >= 0.6 is 0 Å². The van der Waals surface area contributed by atoms with Gasteiger partial charge in [-0.1, -0.05) is 12.1 Å². The number of halogens is 1. The van der Waals surface area contributed by atoms with E-state index in [9.17, 15) is 4.39 Å². The molecule has 1 atom stereocenters. The van der Waals surface area contributed by atoms with Crippen molar-refractivity contribution in [1.29, 1.82) is 0 Å². The monoisotopic (exact) mass is 289 g/mol. The summed E-state index contributed by atoms with van der Waals surface area (Å²) in [5, 5.41) is 3.22. The Bertz CT molecular complexity index is 572. The van der Waals surface area contributed by atoms with Gasteiger partial charge in [0, 0.05) is 18.3 Å². The Labute approximate surface area is 124 Å². The predicted octanol–water partition coefficient (Wildman–Crippen LogP) is 3.45. The second kappa shape index (κ2) is 7.02. The van der Waals surface area contributed by atoms with E-state index in [1.807, 2.05) is 20.8 Å². The van der Waals surface area contributed by atoms with Gasteiger partial charge in [0.2, 0.25) is 11.8 Å². The van der Waals surface area contributed by atoms with E-state index >= 15 is 0 Å². The third-order valence-electron chi connectivity index (χ3n) is 2.82. The van der Waals surface area contributed by atoms with Crippen LogP contribution in [0.2, 0.25) is 0 Å². The first-order valence-electron chi connectivity index (χ1n) is 7.03. The summed E-state index contributed by atoms with van der Waals surface area (Å²) in [7, 11) is 0. The number of hydrogen-bond donors (Lipinski definition) is 1. The molecule has 4 nitrogen and oxygen atoms in total. The molecule has 1 aromatic carbocycles. The van der Waals surface area contributed by atoms with Crippen LogP contribution in [0, 0.1) is 5.82 Å². The second-order valence-electron chi connectivity index (χ2n) is 5.26. The molecule has 112 valence electrons. The van der Waals surface area contributed by atoms with Crippen molar-refractivity contribution in [2.24, 2.45) is 0 Å². The highest BCUT2D eigenvalue weighted by Gasteiger charge is 2.07. The van der Waals surface area contributed by atoms with Crippen molar-refractivity contribution in [3.8, 4) is 5.88 Å². The van der Waals surface area contributed by atoms with Crippen molar-refractivity contribution in [3.05, 3.63) is 47.9 Å². The lowest BCUT2D eigenvalue weighted by Crippen LogP contribution is -2.20. The third-order valence-corrected chi connectivity index (χ3v) is 2.82. The van der Waals surface area contributed by atoms with Crippen molar-refractivity contribution < 1.29 is 9.13 Å². The van der Waals surface area contributed by atoms with Gasteiger partial charge in [-0.3, -0.25) is 0 Å².